The van der Waals surface area contributed by atoms with Crippen LogP contribution in [-0.2, 0) is 19.6 Å². The molecule has 13 heteroatoms. The number of pyridine rings is 1. The molecule has 2 saturated heterocycles. The van der Waals surface area contributed by atoms with Gasteiger partial charge >= 0.3 is 12.1 Å². The number of aliphatic carboxylic acids is 1. The highest BCUT2D eigenvalue weighted by atomic mass is 32.2. The average molecular weight is 471 g/mol. The molecule has 1 atom stereocenters. The quantitative estimate of drug-likeness (QED) is 0.674. The molecule has 1 aromatic heterocycles. The lowest BCUT2D eigenvalue weighted by atomic mass is 9.81. The van der Waals surface area contributed by atoms with E-state index in [0.717, 1.165) is 12.8 Å². The van der Waals surface area contributed by atoms with Gasteiger partial charge in [-0.1, -0.05) is 0 Å². The minimum atomic E-state index is -5.08. The number of carboxylic acids is 1. The number of hydrogen-bond donors (Lipinski definition) is 1. The lowest BCUT2D eigenvalue weighted by Crippen LogP contribution is -2.52. The molecule has 0 aliphatic carbocycles. The van der Waals surface area contributed by atoms with Gasteiger partial charge in [-0.05, 0) is 31.9 Å². The standard InChI is InChI=1S/C16H24FN3O3S.C2HF3O2/c1-2-24(21,22)20-8-4-6-16(12-20)11-19(9-10-23-13-16)15-14(17)5-3-7-18-15;3-2(4,5)1(6)7/h3,5,7H,2,4,6,8-13H2,1H3;(H,6,7). The van der Waals surface area contributed by atoms with Crippen molar-refractivity contribution in [3.8, 4) is 0 Å². The van der Waals surface area contributed by atoms with Crippen LogP contribution < -0.4 is 4.90 Å². The number of carboxylic acid groups (broad SMARTS) is 1. The predicted octanol–water partition coefficient (Wildman–Crippen LogP) is 2.12. The molecule has 1 aromatic rings. The van der Waals surface area contributed by atoms with Crippen LogP contribution in [-0.4, -0.2) is 80.1 Å². The predicted molar refractivity (Wildman–Crippen MR) is 104 cm³/mol. The number of anilines is 1. The van der Waals surface area contributed by atoms with Crippen molar-refractivity contribution in [3.05, 3.63) is 24.1 Å². The van der Waals surface area contributed by atoms with Crippen molar-refractivity contribution in [2.24, 2.45) is 5.41 Å². The SMILES string of the molecule is CCS(=O)(=O)N1CCCC2(COCCN(c3ncccc3F)C2)C1.O=C(O)C(F)(F)F. The number of piperidine rings is 1. The van der Waals surface area contributed by atoms with Crippen molar-refractivity contribution in [2.45, 2.75) is 25.9 Å². The van der Waals surface area contributed by atoms with Crippen LogP contribution in [0.1, 0.15) is 19.8 Å². The van der Waals surface area contributed by atoms with Crippen LogP contribution in [0, 0.1) is 11.2 Å². The van der Waals surface area contributed by atoms with Crippen LogP contribution >= 0.6 is 0 Å². The first-order valence-corrected chi connectivity index (χ1v) is 11.2. The number of ether oxygens (including phenoxy) is 1. The first-order chi connectivity index (χ1) is 14.4. The molecular formula is C18H25F4N3O5S. The normalized spacial score (nSPS) is 23.1. The number of nitrogens with zero attached hydrogens (tertiary/aromatic N) is 3. The molecule has 2 fully saturated rings. The summed E-state index contributed by atoms with van der Waals surface area (Å²) < 4.78 is 77.7. The number of sulfonamides is 1. The van der Waals surface area contributed by atoms with Gasteiger partial charge in [-0.3, -0.25) is 0 Å². The largest absolute Gasteiger partial charge is 0.490 e. The van der Waals surface area contributed by atoms with E-state index in [2.05, 4.69) is 4.98 Å². The van der Waals surface area contributed by atoms with Gasteiger partial charge in [-0.15, -0.1) is 0 Å². The summed E-state index contributed by atoms with van der Waals surface area (Å²) in [6, 6.07) is 2.97. The zero-order valence-corrected chi connectivity index (χ0v) is 17.8. The van der Waals surface area contributed by atoms with Crippen LogP contribution in [0.4, 0.5) is 23.4 Å². The number of hydrogen-bond acceptors (Lipinski definition) is 6. The molecule has 176 valence electrons. The van der Waals surface area contributed by atoms with E-state index in [0.29, 0.717) is 45.2 Å². The minimum absolute atomic E-state index is 0.0997. The summed E-state index contributed by atoms with van der Waals surface area (Å²) in [5.74, 6) is -2.70. The Balaban J connectivity index is 0.000000423. The molecule has 0 amide bonds. The fourth-order valence-electron chi connectivity index (χ4n) is 3.61. The molecule has 0 bridgehead atoms. The van der Waals surface area contributed by atoms with Crippen molar-refractivity contribution in [3.63, 3.8) is 0 Å². The second-order valence-electron chi connectivity index (χ2n) is 7.42. The third kappa shape index (κ3) is 6.74. The first kappa shape index (κ1) is 25.3. The fourth-order valence-corrected chi connectivity index (χ4v) is 4.86. The van der Waals surface area contributed by atoms with Gasteiger partial charge in [-0.25, -0.2) is 26.9 Å². The molecule has 1 unspecified atom stereocenters. The van der Waals surface area contributed by atoms with Gasteiger partial charge in [0, 0.05) is 37.8 Å². The van der Waals surface area contributed by atoms with Gasteiger partial charge < -0.3 is 14.7 Å². The van der Waals surface area contributed by atoms with Gasteiger partial charge in [0.25, 0.3) is 0 Å². The van der Waals surface area contributed by atoms with E-state index < -0.39 is 22.2 Å². The highest BCUT2D eigenvalue weighted by Gasteiger charge is 2.42. The van der Waals surface area contributed by atoms with Gasteiger partial charge in [0.1, 0.15) is 0 Å². The number of halogens is 4. The van der Waals surface area contributed by atoms with E-state index >= 15 is 0 Å². The zero-order chi connectivity index (χ0) is 23.3. The van der Waals surface area contributed by atoms with E-state index in [1.54, 1.807) is 23.5 Å². The summed E-state index contributed by atoms with van der Waals surface area (Å²) in [5.41, 5.74) is -0.319. The Hall–Kier alpha value is -1.99. The second-order valence-corrected chi connectivity index (χ2v) is 9.68. The lowest BCUT2D eigenvalue weighted by Gasteiger charge is -2.43. The number of rotatable bonds is 3. The average Bonchev–Trinajstić information content (AvgIpc) is 2.90. The molecule has 3 heterocycles. The molecule has 0 aromatic carbocycles. The van der Waals surface area contributed by atoms with Crippen molar-refractivity contribution >= 4 is 21.8 Å². The molecular weight excluding hydrogens is 446 g/mol. The molecule has 1 spiro atoms. The van der Waals surface area contributed by atoms with E-state index in [9.17, 15) is 26.0 Å². The van der Waals surface area contributed by atoms with Gasteiger partial charge in [0.2, 0.25) is 10.0 Å². The molecule has 3 rings (SSSR count). The fraction of sp³-hybridized carbons (Fsp3) is 0.667. The number of aromatic nitrogens is 1. The van der Waals surface area contributed by atoms with Crippen molar-refractivity contribution in [1.82, 2.24) is 9.29 Å². The van der Waals surface area contributed by atoms with Crippen LogP contribution in [0.5, 0.6) is 0 Å². The maximum absolute atomic E-state index is 14.1. The van der Waals surface area contributed by atoms with Gasteiger partial charge in [0.05, 0.1) is 19.0 Å². The van der Waals surface area contributed by atoms with E-state index in [1.807, 2.05) is 4.90 Å². The molecule has 0 saturated carbocycles. The van der Waals surface area contributed by atoms with Crippen LogP contribution in [0.15, 0.2) is 18.3 Å². The monoisotopic (exact) mass is 471 g/mol. The van der Waals surface area contributed by atoms with Crippen LogP contribution in [0.2, 0.25) is 0 Å². The maximum Gasteiger partial charge on any atom is 0.490 e. The van der Waals surface area contributed by atoms with Gasteiger partial charge in [0.15, 0.2) is 11.6 Å². The zero-order valence-electron chi connectivity index (χ0n) is 16.9. The Morgan fingerprint density at radius 1 is 1.32 bits per heavy atom. The summed E-state index contributed by atoms with van der Waals surface area (Å²) in [6.07, 6.45) is -1.85. The summed E-state index contributed by atoms with van der Waals surface area (Å²) >= 11 is 0. The Bertz CT molecular complexity index is 868. The van der Waals surface area contributed by atoms with Crippen LogP contribution in [0.3, 0.4) is 0 Å². The van der Waals surface area contributed by atoms with E-state index in [-0.39, 0.29) is 17.0 Å². The number of alkyl halides is 3. The third-order valence-corrected chi connectivity index (χ3v) is 6.93. The highest BCUT2D eigenvalue weighted by Crippen LogP contribution is 2.35. The highest BCUT2D eigenvalue weighted by molar-refractivity contribution is 7.89. The van der Waals surface area contributed by atoms with E-state index in [1.165, 1.54) is 6.07 Å². The summed E-state index contributed by atoms with van der Waals surface area (Å²) in [4.78, 5) is 15.0. The molecule has 31 heavy (non-hydrogen) atoms. The summed E-state index contributed by atoms with van der Waals surface area (Å²) in [6.45, 7) is 4.72. The molecule has 8 nitrogen and oxygen atoms in total. The lowest BCUT2D eigenvalue weighted by molar-refractivity contribution is -0.192. The Morgan fingerprint density at radius 2 is 2.00 bits per heavy atom. The summed E-state index contributed by atoms with van der Waals surface area (Å²) in [5, 5.41) is 7.12. The minimum Gasteiger partial charge on any atom is -0.475 e. The molecule has 2 aliphatic rings. The molecule has 2 aliphatic heterocycles. The smallest absolute Gasteiger partial charge is 0.475 e. The van der Waals surface area contributed by atoms with Gasteiger partial charge in [-0.2, -0.15) is 13.2 Å². The number of carbonyl (C=O) groups is 1. The topological polar surface area (TPSA) is 100 Å². The van der Waals surface area contributed by atoms with E-state index in [4.69, 9.17) is 14.6 Å². The summed E-state index contributed by atoms with van der Waals surface area (Å²) in [7, 11) is -3.23. The molecule has 1 N–H and O–H groups in total. The Labute approximate surface area is 177 Å². The maximum atomic E-state index is 14.1. The van der Waals surface area contributed by atoms with Crippen molar-refractivity contribution in [2.75, 3.05) is 50.0 Å². The van der Waals surface area contributed by atoms with Crippen molar-refractivity contribution in [1.29, 1.82) is 0 Å². The van der Waals surface area contributed by atoms with Crippen LogP contribution in [0.25, 0.3) is 0 Å². The van der Waals surface area contributed by atoms with Crippen molar-refractivity contribution < 1.29 is 40.6 Å². The second kappa shape index (κ2) is 10.1. The Kier molecular flexibility index (Phi) is 8.22. The first-order valence-electron chi connectivity index (χ1n) is 9.61. The Morgan fingerprint density at radius 3 is 2.58 bits per heavy atom. The third-order valence-electron chi connectivity index (χ3n) is 5.11. The molecule has 0 radical (unpaired) electrons.